The van der Waals surface area contributed by atoms with Crippen LogP contribution in [0.4, 0.5) is 0 Å². The second kappa shape index (κ2) is 7.49. The summed E-state index contributed by atoms with van der Waals surface area (Å²) in [6.45, 7) is 6.38. The van der Waals surface area contributed by atoms with Crippen LogP contribution < -0.4 is 5.32 Å². The van der Waals surface area contributed by atoms with Crippen LogP contribution in [-0.4, -0.2) is 16.0 Å². The van der Waals surface area contributed by atoms with E-state index in [1.165, 1.54) is 4.88 Å². The predicted octanol–water partition coefficient (Wildman–Crippen LogP) is 4.70. The van der Waals surface area contributed by atoms with E-state index < -0.39 is 0 Å². The van der Waals surface area contributed by atoms with Crippen molar-refractivity contribution in [3.8, 4) is 10.7 Å². The molecule has 1 amide bonds. The molecule has 1 unspecified atom stereocenters. The van der Waals surface area contributed by atoms with Crippen LogP contribution in [-0.2, 0) is 11.2 Å². The molecule has 0 radical (unpaired) electrons. The number of aryl methyl sites for hydroxylation is 1. The van der Waals surface area contributed by atoms with Gasteiger partial charge in [-0.2, -0.15) is 4.98 Å². The summed E-state index contributed by atoms with van der Waals surface area (Å²) in [5, 5.41) is 11.1. The second-order valence-electron chi connectivity index (χ2n) is 6.87. The van der Waals surface area contributed by atoms with Gasteiger partial charge in [0.05, 0.1) is 10.9 Å². The van der Waals surface area contributed by atoms with Crippen LogP contribution in [0.15, 0.2) is 39.5 Å². The van der Waals surface area contributed by atoms with Crippen molar-refractivity contribution in [2.24, 2.45) is 5.41 Å². The zero-order chi connectivity index (χ0) is 17.9. The van der Waals surface area contributed by atoms with Crippen molar-refractivity contribution < 1.29 is 9.32 Å². The number of rotatable bonds is 6. The summed E-state index contributed by atoms with van der Waals surface area (Å²) in [4.78, 5) is 18.9. The van der Waals surface area contributed by atoms with E-state index in [0.717, 1.165) is 4.88 Å². The van der Waals surface area contributed by atoms with Crippen LogP contribution in [0.5, 0.6) is 0 Å². The fourth-order valence-corrected chi connectivity index (χ4v) is 4.16. The number of thiophene rings is 2. The monoisotopic (exact) mass is 375 g/mol. The van der Waals surface area contributed by atoms with Crippen molar-refractivity contribution in [1.29, 1.82) is 0 Å². The Morgan fingerprint density at radius 2 is 2.00 bits per heavy atom. The van der Waals surface area contributed by atoms with E-state index in [4.69, 9.17) is 4.52 Å². The number of carbonyl (C=O) groups is 1. The lowest BCUT2D eigenvalue weighted by Gasteiger charge is -2.30. The lowest BCUT2D eigenvalue weighted by Crippen LogP contribution is -2.36. The van der Waals surface area contributed by atoms with Gasteiger partial charge in [-0.3, -0.25) is 4.79 Å². The van der Waals surface area contributed by atoms with Crippen molar-refractivity contribution in [3.05, 3.63) is 45.8 Å². The van der Waals surface area contributed by atoms with Gasteiger partial charge in [0.15, 0.2) is 0 Å². The smallest absolute Gasteiger partial charge is 0.227 e. The Hall–Kier alpha value is -1.99. The third-order valence-corrected chi connectivity index (χ3v) is 5.58. The van der Waals surface area contributed by atoms with Crippen molar-refractivity contribution in [2.75, 3.05) is 0 Å². The topological polar surface area (TPSA) is 68.0 Å². The standard InChI is InChI=1S/C18H21N3O2S2/c1-18(2,3)16(12-6-4-10-24-12)19-14(22)8-9-15-20-17(21-23-15)13-7-5-11-25-13/h4-7,10-11,16H,8-9H2,1-3H3,(H,19,22). The average Bonchev–Trinajstić information content (AvgIpc) is 3.31. The summed E-state index contributed by atoms with van der Waals surface area (Å²) >= 11 is 3.22. The highest BCUT2D eigenvalue weighted by Gasteiger charge is 2.28. The minimum absolute atomic E-state index is 0.00985. The molecule has 0 aromatic carbocycles. The summed E-state index contributed by atoms with van der Waals surface area (Å²) in [7, 11) is 0. The molecule has 25 heavy (non-hydrogen) atoms. The summed E-state index contributed by atoms with van der Waals surface area (Å²) in [6, 6.07) is 7.95. The normalized spacial score (nSPS) is 12.9. The molecule has 3 heterocycles. The predicted molar refractivity (Wildman–Crippen MR) is 101 cm³/mol. The van der Waals surface area contributed by atoms with E-state index in [-0.39, 0.29) is 17.4 Å². The molecule has 132 valence electrons. The fraction of sp³-hybridized carbons (Fsp3) is 0.389. The van der Waals surface area contributed by atoms with Crippen LogP contribution in [0.3, 0.4) is 0 Å². The van der Waals surface area contributed by atoms with Gasteiger partial charge in [-0.1, -0.05) is 38.1 Å². The Bertz CT molecular complexity index is 802. The molecule has 0 fully saturated rings. The summed E-state index contributed by atoms with van der Waals surface area (Å²) < 4.78 is 5.25. The highest BCUT2D eigenvalue weighted by Crippen LogP contribution is 2.35. The highest BCUT2D eigenvalue weighted by molar-refractivity contribution is 7.13. The van der Waals surface area contributed by atoms with Crippen LogP contribution in [0.25, 0.3) is 10.7 Å². The van der Waals surface area contributed by atoms with Crippen LogP contribution in [0.2, 0.25) is 0 Å². The van der Waals surface area contributed by atoms with E-state index in [9.17, 15) is 4.79 Å². The zero-order valence-electron chi connectivity index (χ0n) is 14.5. The van der Waals surface area contributed by atoms with Gasteiger partial charge in [0.25, 0.3) is 0 Å². The van der Waals surface area contributed by atoms with E-state index in [1.54, 1.807) is 22.7 Å². The van der Waals surface area contributed by atoms with E-state index in [2.05, 4.69) is 42.3 Å². The number of aromatic nitrogens is 2. The van der Waals surface area contributed by atoms with Crippen LogP contribution >= 0.6 is 22.7 Å². The molecule has 3 aromatic rings. The third kappa shape index (κ3) is 4.55. The summed E-state index contributed by atoms with van der Waals surface area (Å²) in [6.07, 6.45) is 0.759. The number of amides is 1. The Kier molecular flexibility index (Phi) is 5.34. The van der Waals surface area contributed by atoms with E-state index in [0.29, 0.717) is 24.6 Å². The first-order chi connectivity index (χ1) is 11.9. The molecular formula is C18H21N3O2S2. The average molecular weight is 376 g/mol. The van der Waals surface area contributed by atoms with Crippen LogP contribution in [0.1, 0.15) is 44.0 Å². The van der Waals surface area contributed by atoms with Crippen molar-refractivity contribution in [1.82, 2.24) is 15.5 Å². The van der Waals surface area contributed by atoms with Gasteiger partial charge >= 0.3 is 0 Å². The SMILES string of the molecule is CC(C)(C)C(NC(=O)CCc1nc(-c2cccs2)no1)c1cccs1. The van der Waals surface area contributed by atoms with E-state index in [1.807, 2.05) is 29.0 Å². The zero-order valence-corrected chi connectivity index (χ0v) is 16.1. The molecule has 0 saturated heterocycles. The first-order valence-corrected chi connectivity index (χ1v) is 9.88. The molecular weight excluding hydrogens is 354 g/mol. The molecule has 5 nitrogen and oxygen atoms in total. The largest absolute Gasteiger partial charge is 0.348 e. The van der Waals surface area contributed by atoms with E-state index >= 15 is 0 Å². The van der Waals surface area contributed by atoms with Gasteiger partial charge < -0.3 is 9.84 Å². The molecule has 1 N–H and O–H groups in total. The van der Waals surface area contributed by atoms with Crippen molar-refractivity contribution >= 4 is 28.6 Å². The number of carbonyl (C=O) groups excluding carboxylic acids is 1. The molecule has 1 atom stereocenters. The van der Waals surface area contributed by atoms with Gasteiger partial charge in [0, 0.05) is 17.7 Å². The molecule has 0 aliphatic rings. The maximum Gasteiger partial charge on any atom is 0.227 e. The first-order valence-electron chi connectivity index (χ1n) is 8.13. The summed E-state index contributed by atoms with van der Waals surface area (Å²) in [5.41, 5.74) is -0.0582. The molecule has 3 rings (SSSR count). The Labute approximate surface area is 155 Å². The Balaban J connectivity index is 1.59. The maximum atomic E-state index is 12.4. The molecule has 7 heteroatoms. The second-order valence-corrected chi connectivity index (χ2v) is 8.80. The molecule has 0 aliphatic carbocycles. The first kappa shape index (κ1) is 17.8. The van der Waals surface area contributed by atoms with Crippen molar-refractivity contribution in [2.45, 2.75) is 39.7 Å². The van der Waals surface area contributed by atoms with Crippen LogP contribution in [0, 0.1) is 5.41 Å². The molecule has 0 saturated carbocycles. The van der Waals surface area contributed by atoms with Gasteiger partial charge in [0.2, 0.25) is 17.6 Å². The minimum atomic E-state index is -0.0582. The van der Waals surface area contributed by atoms with Gasteiger partial charge in [-0.15, -0.1) is 22.7 Å². The van der Waals surface area contributed by atoms with Gasteiger partial charge in [-0.05, 0) is 28.3 Å². The number of hydrogen-bond donors (Lipinski definition) is 1. The third-order valence-electron chi connectivity index (χ3n) is 3.77. The highest BCUT2D eigenvalue weighted by atomic mass is 32.1. The number of hydrogen-bond acceptors (Lipinski definition) is 6. The van der Waals surface area contributed by atoms with Gasteiger partial charge in [-0.25, -0.2) is 0 Å². The molecule has 3 aromatic heterocycles. The number of nitrogens with one attached hydrogen (secondary N) is 1. The Morgan fingerprint density at radius 3 is 2.64 bits per heavy atom. The molecule has 0 bridgehead atoms. The van der Waals surface area contributed by atoms with Crippen molar-refractivity contribution in [3.63, 3.8) is 0 Å². The minimum Gasteiger partial charge on any atom is -0.348 e. The Morgan fingerprint density at radius 1 is 1.24 bits per heavy atom. The molecule has 0 aliphatic heterocycles. The quantitative estimate of drug-likeness (QED) is 0.678. The van der Waals surface area contributed by atoms with Gasteiger partial charge in [0.1, 0.15) is 0 Å². The maximum absolute atomic E-state index is 12.4. The number of nitrogens with zero attached hydrogens (tertiary/aromatic N) is 2. The fourth-order valence-electron chi connectivity index (χ4n) is 2.49. The summed E-state index contributed by atoms with van der Waals surface area (Å²) in [5.74, 6) is 1.06. The lowest BCUT2D eigenvalue weighted by molar-refractivity contribution is -0.122. The molecule has 0 spiro atoms. The lowest BCUT2D eigenvalue weighted by atomic mass is 9.85.